The minimum absolute atomic E-state index is 0.685. The van der Waals surface area contributed by atoms with Gasteiger partial charge in [-0.3, -0.25) is 0 Å². The molecule has 0 atom stereocenters. The highest BCUT2D eigenvalue weighted by atomic mass is 32.1. The van der Waals surface area contributed by atoms with E-state index in [9.17, 15) is 5.26 Å². The summed E-state index contributed by atoms with van der Waals surface area (Å²) in [5.74, 6) is 0. The predicted octanol–water partition coefficient (Wildman–Crippen LogP) is 11.3. The summed E-state index contributed by atoms with van der Waals surface area (Å²) in [5.41, 5.74) is 7.40. The van der Waals surface area contributed by atoms with Gasteiger partial charge in [0.25, 0.3) is 0 Å². The zero-order chi connectivity index (χ0) is 26.6. The molecule has 40 heavy (non-hydrogen) atoms. The largest absolute Gasteiger partial charge is 0.192 e. The van der Waals surface area contributed by atoms with Crippen LogP contribution in [0.5, 0.6) is 0 Å². The molecule has 0 fully saturated rings. The van der Waals surface area contributed by atoms with E-state index in [0.717, 1.165) is 22.3 Å². The van der Waals surface area contributed by atoms with Crippen LogP contribution < -0.4 is 0 Å². The lowest BCUT2D eigenvalue weighted by Crippen LogP contribution is -1.91. The van der Waals surface area contributed by atoms with Crippen LogP contribution in [0.15, 0.2) is 127 Å². The fourth-order valence-corrected chi connectivity index (χ4v) is 8.24. The Bertz CT molecular complexity index is 2290. The first-order valence-corrected chi connectivity index (χ1v) is 14.9. The van der Waals surface area contributed by atoms with Gasteiger partial charge in [0.05, 0.1) is 11.6 Å². The number of benzene rings is 6. The summed E-state index contributed by atoms with van der Waals surface area (Å²) in [6.07, 6.45) is 0. The topological polar surface area (TPSA) is 23.8 Å². The summed E-state index contributed by atoms with van der Waals surface area (Å²) in [6.45, 7) is 0. The quantitative estimate of drug-likeness (QED) is 0.217. The maximum absolute atomic E-state index is 10.0. The molecule has 1 nitrogen and oxygen atoms in total. The van der Waals surface area contributed by atoms with E-state index in [-0.39, 0.29) is 0 Å². The maximum Gasteiger partial charge on any atom is 0.0998 e. The van der Waals surface area contributed by atoms with E-state index in [4.69, 9.17) is 0 Å². The van der Waals surface area contributed by atoms with Gasteiger partial charge in [-0.2, -0.15) is 5.26 Å². The average molecular weight is 544 g/mol. The van der Waals surface area contributed by atoms with Crippen molar-refractivity contribution in [3.05, 3.63) is 133 Å². The van der Waals surface area contributed by atoms with E-state index >= 15 is 0 Å². The van der Waals surface area contributed by atoms with Crippen LogP contribution >= 0.6 is 22.7 Å². The molecule has 0 aliphatic carbocycles. The van der Waals surface area contributed by atoms with Gasteiger partial charge in [-0.25, -0.2) is 0 Å². The normalized spacial score (nSPS) is 11.5. The van der Waals surface area contributed by atoms with Crippen LogP contribution in [-0.4, -0.2) is 0 Å². The molecule has 0 spiro atoms. The number of nitrogens with zero attached hydrogens (tertiary/aromatic N) is 1. The van der Waals surface area contributed by atoms with Gasteiger partial charge in [0, 0.05) is 51.5 Å². The molecule has 0 unspecified atom stereocenters. The summed E-state index contributed by atoms with van der Waals surface area (Å²) >= 11 is 3.68. The predicted molar refractivity (Wildman–Crippen MR) is 173 cm³/mol. The van der Waals surface area contributed by atoms with Crippen molar-refractivity contribution in [2.75, 3.05) is 0 Å². The fourth-order valence-electron chi connectivity index (χ4n) is 5.86. The van der Waals surface area contributed by atoms with Crippen LogP contribution in [0.3, 0.4) is 0 Å². The van der Waals surface area contributed by atoms with Crippen molar-refractivity contribution < 1.29 is 0 Å². The number of hydrogen-bond donors (Lipinski definition) is 0. The molecule has 0 N–H and O–H groups in total. The highest BCUT2D eigenvalue weighted by Crippen LogP contribution is 2.44. The van der Waals surface area contributed by atoms with Gasteiger partial charge in [-0.15, -0.1) is 22.7 Å². The Morgan fingerprint density at radius 3 is 1.90 bits per heavy atom. The second-order valence-electron chi connectivity index (χ2n) is 10.0. The second-order valence-corrected chi connectivity index (χ2v) is 12.1. The zero-order valence-electron chi connectivity index (χ0n) is 21.4. The Balaban J connectivity index is 1.38. The average Bonchev–Trinajstić information content (AvgIpc) is 3.59. The number of hydrogen-bond acceptors (Lipinski definition) is 3. The van der Waals surface area contributed by atoms with Crippen molar-refractivity contribution in [1.82, 2.24) is 0 Å². The van der Waals surface area contributed by atoms with Crippen molar-refractivity contribution in [3.63, 3.8) is 0 Å². The maximum atomic E-state index is 10.0. The number of rotatable bonds is 3. The Morgan fingerprint density at radius 1 is 0.425 bits per heavy atom. The van der Waals surface area contributed by atoms with Gasteiger partial charge in [0.2, 0.25) is 0 Å². The molecule has 0 saturated carbocycles. The van der Waals surface area contributed by atoms with Crippen LogP contribution in [-0.2, 0) is 0 Å². The Hall–Kier alpha value is -4.75. The third-order valence-electron chi connectivity index (χ3n) is 7.76. The molecule has 0 saturated heterocycles. The Morgan fingerprint density at radius 2 is 1.05 bits per heavy atom. The molecule has 8 aromatic rings. The lowest BCUT2D eigenvalue weighted by Gasteiger charge is -2.15. The smallest absolute Gasteiger partial charge is 0.0998 e. The molecule has 2 aromatic heterocycles. The molecule has 6 aromatic carbocycles. The van der Waals surface area contributed by atoms with Crippen LogP contribution in [0.1, 0.15) is 5.56 Å². The molecule has 8 rings (SSSR count). The summed E-state index contributed by atoms with van der Waals surface area (Å²) in [6, 6.07) is 47.7. The van der Waals surface area contributed by atoms with E-state index < -0.39 is 0 Å². The number of nitriles is 1. The summed E-state index contributed by atoms with van der Waals surface area (Å²) in [7, 11) is 0. The Labute approximate surface area is 239 Å². The molecule has 2 heterocycles. The second kappa shape index (κ2) is 9.17. The van der Waals surface area contributed by atoms with Crippen molar-refractivity contribution in [2.24, 2.45) is 0 Å². The molecule has 186 valence electrons. The van der Waals surface area contributed by atoms with E-state index in [0.29, 0.717) is 5.56 Å². The zero-order valence-corrected chi connectivity index (χ0v) is 23.0. The van der Waals surface area contributed by atoms with Crippen LogP contribution in [0.2, 0.25) is 0 Å². The van der Waals surface area contributed by atoms with E-state index in [2.05, 4.69) is 115 Å². The van der Waals surface area contributed by atoms with E-state index in [1.165, 1.54) is 51.5 Å². The standard InChI is InChI=1S/C37H21NS2/c38-22-25-8-1-2-9-26(25)33-20-23(24-17-19-30-28-10-3-5-14-34(28)39-36(30)21-24)16-18-27(33)31-12-7-13-32-29-11-4-6-15-35(29)40-37(31)32/h1-21H. The van der Waals surface area contributed by atoms with Crippen molar-refractivity contribution >= 4 is 63.0 Å². The third-order valence-corrected chi connectivity index (χ3v) is 10.1. The van der Waals surface area contributed by atoms with Crippen LogP contribution in [0.25, 0.3) is 73.7 Å². The van der Waals surface area contributed by atoms with Crippen molar-refractivity contribution in [1.29, 1.82) is 5.26 Å². The van der Waals surface area contributed by atoms with E-state index in [1.54, 1.807) is 0 Å². The highest BCUT2D eigenvalue weighted by molar-refractivity contribution is 7.26. The van der Waals surface area contributed by atoms with Crippen molar-refractivity contribution in [3.8, 4) is 39.4 Å². The minimum atomic E-state index is 0.685. The van der Waals surface area contributed by atoms with Gasteiger partial charge in [0.1, 0.15) is 0 Å². The van der Waals surface area contributed by atoms with Gasteiger partial charge in [0.15, 0.2) is 0 Å². The fraction of sp³-hybridized carbons (Fsp3) is 0. The molecule has 0 radical (unpaired) electrons. The van der Waals surface area contributed by atoms with Gasteiger partial charge in [-0.05, 0) is 52.6 Å². The SMILES string of the molecule is N#Cc1ccccc1-c1cc(-c2ccc3c(c2)sc2ccccc23)ccc1-c1cccc2c1sc1ccccc12. The monoisotopic (exact) mass is 543 g/mol. The molecule has 0 aliphatic heterocycles. The first-order chi connectivity index (χ1) is 19.8. The van der Waals surface area contributed by atoms with Crippen LogP contribution in [0.4, 0.5) is 0 Å². The lowest BCUT2D eigenvalue weighted by atomic mass is 9.88. The number of fused-ring (bicyclic) bond motifs is 6. The Kier molecular flexibility index (Phi) is 5.31. The summed E-state index contributed by atoms with van der Waals surface area (Å²) in [5, 5.41) is 15.2. The first-order valence-electron chi connectivity index (χ1n) is 13.2. The van der Waals surface area contributed by atoms with E-state index in [1.807, 2.05) is 40.9 Å². The minimum Gasteiger partial charge on any atom is -0.192 e. The lowest BCUT2D eigenvalue weighted by molar-refractivity contribution is 1.48. The first kappa shape index (κ1) is 23.2. The molecular weight excluding hydrogens is 523 g/mol. The van der Waals surface area contributed by atoms with Gasteiger partial charge in [-0.1, -0.05) is 97.1 Å². The van der Waals surface area contributed by atoms with Crippen LogP contribution in [0, 0.1) is 11.3 Å². The van der Waals surface area contributed by atoms with Gasteiger partial charge >= 0.3 is 0 Å². The molecule has 0 amide bonds. The highest BCUT2D eigenvalue weighted by Gasteiger charge is 2.17. The van der Waals surface area contributed by atoms with Crippen molar-refractivity contribution in [2.45, 2.75) is 0 Å². The van der Waals surface area contributed by atoms with Gasteiger partial charge < -0.3 is 0 Å². The summed E-state index contributed by atoms with van der Waals surface area (Å²) in [4.78, 5) is 0. The molecule has 3 heteroatoms. The number of thiophene rings is 2. The summed E-state index contributed by atoms with van der Waals surface area (Å²) < 4.78 is 5.16. The molecule has 0 aliphatic rings. The molecule has 0 bridgehead atoms. The molecular formula is C37H21NS2. The third kappa shape index (κ3) is 3.58.